The largest absolute Gasteiger partial charge is 0.573 e. The summed E-state index contributed by atoms with van der Waals surface area (Å²) in [6.07, 6.45) is -3.49. The van der Waals surface area contributed by atoms with Gasteiger partial charge in [0.15, 0.2) is 0 Å². The van der Waals surface area contributed by atoms with Crippen LogP contribution in [0.1, 0.15) is 0 Å². The molecule has 0 amide bonds. The van der Waals surface area contributed by atoms with Crippen molar-refractivity contribution in [3.8, 4) is 16.9 Å². The first-order valence-electron chi connectivity index (χ1n) is 5.03. The fourth-order valence-corrected chi connectivity index (χ4v) is 2.22. The van der Waals surface area contributed by atoms with Gasteiger partial charge in [-0.1, -0.05) is 12.1 Å². The Kier molecular flexibility index (Phi) is 3.93. The van der Waals surface area contributed by atoms with E-state index < -0.39 is 18.1 Å². The van der Waals surface area contributed by atoms with Crippen molar-refractivity contribution in [2.45, 2.75) is 6.36 Å². The lowest BCUT2D eigenvalue weighted by atomic mass is 10.1. The molecule has 0 aliphatic heterocycles. The molecular formula is C12H6F4INO. The number of aromatic nitrogens is 1. The number of nitrogens with zero attached hydrogens (tertiary/aromatic N) is 1. The van der Waals surface area contributed by atoms with Gasteiger partial charge in [-0.15, -0.1) is 13.2 Å². The van der Waals surface area contributed by atoms with Crippen LogP contribution in [0.3, 0.4) is 0 Å². The van der Waals surface area contributed by atoms with Gasteiger partial charge in [0, 0.05) is 9.77 Å². The molecule has 7 heteroatoms. The Labute approximate surface area is 119 Å². The normalized spacial score (nSPS) is 11.4. The summed E-state index contributed by atoms with van der Waals surface area (Å²) in [5, 5.41) is 0. The number of rotatable bonds is 2. The summed E-state index contributed by atoms with van der Waals surface area (Å²) >= 11 is 1.89. The Balaban J connectivity index is 2.44. The Morgan fingerprint density at radius 3 is 2.53 bits per heavy atom. The zero-order chi connectivity index (χ0) is 14.0. The summed E-state index contributed by atoms with van der Waals surface area (Å²) in [7, 11) is 0. The molecule has 0 N–H and O–H groups in total. The molecule has 1 aromatic heterocycles. The number of hydrogen-bond donors (Lipinski definition) is 0. The first kappa shape index (κ1) is 14.0. The maximum absolute atomic E-state index is 13.6. The van der Waals surface area contributed by atoms with Gasteiger partial charge in [-0.25, -0.2) is 4.98 Å². The van der Waals surface area contributed by atoms with Gasteiger partial charge in [-0.05, 0) is 46.4 Å². The second-order valence-electron chi connectivity index (χ2n) is 3.53. The van der Waals surface area contributed by atoms with Crippen molar-refractivity contribution in [2.75, 3.05) is 0 Å². The number of hydrogen-bond acceptors (Lipinski definition) is 2. The summed E-state index contributed by atoms with van der Waals surface area (Å²) in [5.41, 5.74) is 0.424. The van der Waals surface area contributed by atoms with Crippen molar-refractivity contribution in [1.29, 1.82) is 0 Å². The van der Waals surface area contributed by atoms with Gasteiger partial charge >= 0.3 is 6.36 Å². The number of ether oxygens (including phenoxy) is 1. The topological polar surface area (TPSA) is 22.1 Å². The number of halogens is 5. The Morgan fingerprint density at radius 2 is 1.89 bits per heavy atom. The molecule has 100 valence electrons. The summed E-state index contributed by atoms with van der Waals surface area (Å²) in [6, 6.07) is 6.69. The molecule has 0 radical (unpaired) electrons. The highest BCUT2D eigenvalue weighted by Crippen LogP contribution is 2.31. The summed E-state index contributed by atoms with van der Waals surface area (Å²) in [5.74, 6) is -1.14. The van der Waals surface area contributed by atoms with Crippen LogP contribution in [0.15, 0.2) is 36.5 Å². The molecule has 0 bridgehead atoms. The van der Waals surface area contributed by atoms with Gasteiger partial charge in [0.2, 0.25) is 5.95 Å². The van der Waals surface area contributed by atoms with E-state index in [9.17, 15) is 17.6 Å². The van der Waals surface area contributed by atoms with Crippen molar-refractivity contribution < 1.29 is 22.3 Å². The van der Waals surface area contributed by atoms with Crippen LogP contribution in [0, 0.1) is 9.52 Å². The monoisotopic (exact) mass is 383 g/mol. The van der Waals surface area contributed by atoms with E-state index in [0.29, 0.717) is 3.57 Å². The Hall–Kier alpha value is -1.38. The highest BCUT2D eigenvalue weighted by molar-refractivity contribution is 14.1. The third-order valence-corrected chi connectivity index (χ3v) is 3.11. The van der Waals surface area contributed by atoms with Crippen molar-refractivity contribution >= 4 is 22.6 Å². The molecule has 1 aromatic carbocycles. The lowest BCUT2D eigenvalue weighted by molar-refractivity contribution is -0.274. The molecule has 0 fully saturated rings. The third kappa shape index (κ3) is 3.55. The van der Waals surface area contributed by atoms with Crippen LogP contribution in [-0.4, -0.2) is 11.3 Å². The average molecular weight is 383 g/mol. The van der Waals surface area contributed by atoms with Crippen molar-refractivity contribution in [1.82, 2.24) is 4.98 Å². The van der Waals surface area contributed by atoms with E-state index in [1.165, 1.54) is 18.3 Å². The molecule has 0 atom stereocenters. The van der Waals surface area contributed by atoms with Gasteiger partial charge in [0.1, 0.15) is 5.75 Å². The third-order valence-electron chi connectivity index (χ3n) is 2.21. The molecule has 1 heterocycles. The van der Waals surface area contributed by atoms with Crippen LogP contribution in [-0.2, 0) is 0 Å². The smallest absolute Gasteiger partial charge is 0.406 e. The number of pyridine rings is 1. The first-order chi connectivity index (χ1) is 8.87. The average Bonchev–Trinajstić information content (AvgIpc) is 2.26. The summed E-state index contributed by atoms with van der Waals surface area (Å²) < 4.78 is 54.3. The molecule has 0 saturated heterocycles. The molecular weight excluding hydrogens is 377 g/mol. The summed E-state index contributed by atoms with van der Waals surface area (Å²) in [4.78, 5) is 3.49. The van der Waals surface area contributed by atoms with E-state index in [4.69, 9.17) is 0 Å². The fourth-order valence-electron chi connectivity index (χ4n) is 1.52. The van der Waals surface area contributed by atoms with Gasteiger partial charge in [-0.2, -0.15) is 4.39 Å². The van der Waals surface area contributed by atoms with Crippen molar-refractivity contribution in [3.63, 3.8) is 0 Å². The zero-order valence-corrected chi connectivity index (χ0v) is 11.4. The lowest BCUT2D eigenvalue weighted by Crippen LogP contribution is -2.17. The van der Waals surface area contributed by atoms with E-state index in [-0.39, 0.29) is 11.1 Å². The second-order valence-corrected chi connectivity index (χ2v) is 4.70. The molecule has 2 rings (SSSR count). The van der Waals surface area contributed by atoms with E-state index in [1.54, 1.807) is 6.07 Å². The first-order valence-corrected chi connectivity index (χ1v) is 6.11. The molecule has 0 aliphatic rings. The van der Waals surface area contributed by atoms with E-state index >= 15 is 0 Å². The van der Waals surface area contributed by atoms with Crippen LogP contribution in [0.25, 0.3) is 11.1 Å². The van der Waals surface area contributed by atoms with Gasteiger partial charge < -0.3 is 4.74 Å². The van der Waals surface area contributed by atoms with Crippen LogP contribution in [0.2, 0.25) is 0 Å². The van der Waals surface area contributed by atoms with Gasteiger partial charge in [-0.3, -0.25) is 0 Å². The lowest BCUT2D eigenvalue weighted by Gasteiger charge is -2.11. The quantitative estimate of drug-likeness (QED) is 0.436. The maximum atomic E-state index is 13.6. The maximum Gasteiger partial charge on any atom is 0.573 e. The van der Waals surface area contributed by atoms with Crippen LogP contribution in [0.5, 0.6) is 5.75 Å². The minimum atomic E-state index is -4.78. The van der Waals surface area contributed by atoms with Crippen LogP contribution in [0.4, 0.5) is 17.6 Å². The van der Waals surface area contributed by atoms with Crippen LogP contribution < -0.4 is 4.74 Å². The predicted molar refractivity (Wildman–Crippen MR) is 69.0 cm³/mol. The molecule has 0 unspecified atom stereocenters. The number of alkyl halides is 3. The minimum Gasteiger partial charge on any atom is -0.406 e. The standard InChI is InChI=1S/C12H6F4INO/c13-11-10(9(17)4-5-18-11)7-2-1-3-8(6-7)19-12(14,15)16/h1-6H. The fraction of sp³-hybridized carbons (Fsp3) is 0.0833. The molecule has 0 saturated carbocycles. The van der Waals surface area contributed by atoms with Crippen LogP contribution >= 0.6 is 22.6 Å². The minimum absolute atomic E-state index is 0.149. The Morgan fingerprint density at radius 1 is 1.16 bits per heavy atom. The summed E-state index contributed by atoms with van der Waals surface area (Å²) in [6.45, 7) is 0. The molecule has 0 aliphatic carbocycles. The molecule has 2 nitrogen and oxygen atoms in total. The van der Waals surface area contributed by atoms with Gasteiger partial charge in [0.25, 0.3) is 0 Å². The molecule has 0 spiro atoms. The number of benzene rings is 1. The predicted octanol–water partition coefficient (Wildman–Crippen LogP) is 4.39. The highest BCUT2D eigenvalue weighted by Gasteiger charge is 2.31. The molecule has 2 aromatic rings. The van der Waals surface area contributed by atoms with Gasteiger partial charge in [0.05, 0.1) is 5.56 Å². The van der Waals surface area contributed by atoms with E-state index in [1.807, 2.05) is 22.6 Å². The Bertz CT molecular complexity index is 580. The highest BCUT2D eigenvalue weighted by atomic mass is 127. The SMILES string of the molecule is Fc1nccc(I)c1-c1cccc(OC(F)(F)F)c1. The zero-order valence-electron chi connectivity index (χ0n) is 9.21. The molecule has 19 heavy (non-hydrogen) atoms. The van der Waals surface area contributed by atoms with E-state index in [2.05, 4.69) is 9.72 Å². The van der Waals surface area contributed by atoms with Crippen molar-refractivity contribution in [3.05, 3.63) is 46.0 Å². The second kappa shape index (κ2) is 5.32. The van der Waals surface area contributed by atoms with Crippen molar-refractivity contribution in [2.24, 2.45) is 0 Å². The van der Waals surface area contributed by atoms with E-state index in [0.717, 1.165) is 12.1 Å².